The van der Waals surface area contributed by atoms with Crippen molar-refractivity contribution in [1.82, 2.24) is 0 Å². The van der Waals surface area contributed by atoms with E-state index in [1.54, 1.807) is 0 Å². The number of nitro benzene ring substituents is 2. The van der Waals surface area contributed by atoms with Gasteiger partial charge in [0, 0.05) is 6.07 Å². The number of anilines is 1. The highest BCUT2D eigenvalue weighted by Gasteiger charge is 2.19. The lowest BCUT2D eigenvalue weighted by molar-refractivity contribution is -0.393. The summed E-state index contributed by atoms with van der Waals surface area (Å²) < 4.78 is 0. The summed E-state index contributed by atoms with van der Waals surface area (Å²) in [5.74, 6) is 2.36. The number of rotatable bonds is 6. The van der Waals surface area contributed by atoms with Crippen molar-refractivity contribution >= 4 is 22.8 Å². The predicted molar refractivity (Wildman–Crippen MR) is 74.5 cm³/mol. The van der Waals surface area contributed by atoms with E-state index in [4.69, 9.17) is 6.42 Å². The van der Waals surface area contributed by atoms with Gasteiger partial charge >= 0.3 is 5.69 Å². The molecule has 0 spiro atoms. The van der Waals surface area contributed by atoms with Gasteiger partial charge in [0.05, 0.1) is 15.9 Å². The summed E-state index contributed by atoms with van der Waals surface area (Å²) in [6, 6.07) is 3.24. The highest BCUT2D eigenvalue weighted by molar-refractivity contribution is 6.00. The molecular weight excluding hydrogens is 264 g/mol. The Balaban J connectivity index is 3.10. The molecule has 0 aliphatic rings. The number of benzene rings is 1. The molecule has 0 atom stereocenters. The second kappa shape index (κ2) is 6.84. The Hall–Kier alpha value is -2.95. The molecule has 0 heterocycles. The van der Waals surface area contributed by atoms with Crippen LogP contribution in [0, 0.1) is 32.6 Å². The van der Waals surface area contributed by atoms with Gasteiger partial charge in [0.1, 0.15) is 11.4 Å². The molecule has 8 nitrogen and oxygen atoms in total. The molecule has 0 radical (unpaired) electrons. The first-order valence-electron chi connectivity index (χ1n) is 5.71. The summed E-state index contributed by atoms with van der Waals surface area (Å²) in [5, 5.41) is 25.4. The molecule has 0 saturated heterocycles. The molecule has 0 amide bonds. The van der Waals surface area contributed by atoms with Gasteiger partial charge in [-0.3, -0.25) is 25.7 Å². The van der Waals surface area contributed by atoms with Crippen LogP contribution >= 0.6 is 0 Å². The molecule has 1 aromatic carbocycles. The average Bonchev–Trinajstić information content (AvgIpc) is 2.42. The van der Waals surface area contributed by atoms with Crippen LogP contribution in [0.25, 0.3) is 0 Å². The van der Waals surface area contributed by atoms with Gasteiger partial charge in [-0.1, -0.05) is 12.8 Å². The summed E-state index contributed by atoms with van der Waals surface area (Å²) in [4.78, 5) is 20.1. The SMILES string of the molecule is C#C/C(CCC)=N\Nc1ccc([N+](=O)[O-])cc1[N+](=O)[O-]. The van der Waals surface area contributed by atoms with Crippen LogP contribution in [-0.4, -0.2) is 15.6 Å². The summed E-state index contributed by atoms with van der Waals surface area (Å²) in [6.45, 7) is 1.92. The van der Waals surface area contributed by atoms with E-state index >= 15 is 0 Å². The maximum Gasteiger partial charge on any atom is 0.301 e. The largest absolute Gasteiger partial charge is 0.301 e. The number of non-ortho nitro benzene ring substituents is 1. The Kier molecular flexibility index (Phi) is 5.17. The highest BCUT2D eigenvalue weighted by atomic mass is 16.6. The third-order valence-electron chi connectivity index (χ3n) is 2.35. The summed E-state index contributed by atoms with van der Waals surface area (Å²) in [5.41, 5.74) is 2.14. The zero-order valence-corrected chi connectivity index (χ0v) is 10.7. The molecule has 0 aliphatic carbocycles. The van der Waals surface area contributed by atoms with Crippen molar-refractivity contribution < 1.29 is 9.85 Å². The molecule has 1 N–H and O–H groups in total. The van der Waals surface area contributed by atoms with E-state index in [1.165, 1.54) is 6.07 Å². The van der Waals surface area contributed by atoms with E-state index in [-0.39, 0.29) is 11.4 Å². The third kappa shape index (κ3) is 3.78. The van der Waals surface area contributed by atoms with Crippen molar-refractivity contribution in [3.05, 3.63) is 38.4 Å². The molecule has 1 rings (SSSR count). The number of hydrogen-bond donors (Lipinski definition) is 1. The van der Waals surface area contributed by atoms with E-state index in [0.29, 0.717) is 12.1 Å². The Bertz CT molecular complexity index is 604. The highest BCUT2D eigenvalue weighted by Crippen LogP contribution is 2.28. The molecule has 0 aromatic heterocycles. The minimum absolute atomic E-state index is 0.0458. The smallest absolute Gasteiger partial charge is 0.271 e. The molecule has 20 heavy (non-hydrogen) atoms. The molecular formula is C12H12N4O4. The molecule has 104 valence electrons. The zero-order valence-electron chi connectivity index (χ0n) is 10.7. The van der Waals surface area contributed by atoms with Gasteiger partial charge in [-0.05, 0) is 18.9 Å². The Labute approximate surface area is 114 Å². The number of hydrazone groups is 1. The van der Waals surface area contributed by atoms with Crippen LogP contribution in [0.15, 0.2) is 23.3 Å². The number of terminal acetylenes is 1. The van der Waals surface area contributed by atoms with Crippen LogP contribution in [0.4, 0.5) is 17.1 Å². The first-order chi connectivity index (χ1) is 9.49. The maximum absolute atomic E-state index is 10.9. The second-order valence-electron chi connectivity index (χ2n) is 3.78. The lowest BCUT2D eigenvalue weighted by Crippen LogP contribution is -2.02. The van der Waals surface area contributed by atoms with Gasteiger partial charge in [-0.2, -0.15) is 5.10 Å². The minimum atomic E-state index is -0.722. The molecule has 1 aromatic rings. The first kappa shape index (κ1) is 15.1. The molecule has 0 aliphatic heterocycles. The van der Waals surface area contributed by atoms with Crippen molar-refractivity contribution in [2.45, 2.75) is 19.8 Å². The van der Waals surface area contributed by atoms with Crippen LogP contribution in [0.1, 0.15) is 19.8 Å². The van der Waals surface area contributed by atoms with Crippen LogP contribution in [0.2, 0.25) is 0 Å². The summed E-state index contributed by atoms with van der Waals surface area (Å²) >= 11 is 0. The second-order valence-corrected chi connectivity index (χ2v) is 3.78. The molecule has 8 heteroatoms. The topological polar surface area (TPSA) is 111 Å². The van der Waals surface area contributed by atoms with Crippen molar-refractivity contribution in [2.24, 2.45) is 5.10 Å². The lowest BCUT2D eigenvalue weighted by Gasteiger charge is -2.03. The first-order valence-corrected chi connectivity index (χ1v) is 5.71. The Morgan fingerprint density at radius 3 is 2.60 bits per heavy atom. The van der Waals surface area contributed by atoms with E-state index in [2.05, 4.69) is 16.4 Å². The van der Waals surface area contributed by atoms with Crippen molar-refractivity contribution in [3.8, 4) is 12.3 Å². The van der Waals surface area contributed by atoms with Crippen LogP contribution in [0.5, 0.6) is 0 Å². The number of nitrogens with one attached hydrogen (secondary N) is 1. The van der Waals surface area contributed by atoms with Gasteiger partial charge in [-0.25, -0.2) is 0 Å². The fourth-order valence-corrected chi connectivity index (χ4v) is 1.40. The number of nitrogens with zero attached hydrogens (tertiary/aromatic N) is 3. The van der Waals surface area contributed by atoms with E-state index in [9.17, 15) is 20.2 Å². The third-order valence-corrected chi connectivity index (χ3v) is 2.35. The fourth-order valence-electron chi connectivity index (χ4n) is 1.40. The average molecular weight is 276 g/mol. The zero-order chi connectivity index (χ0) is 15.1. The van der Waals surface area contributed by atoms with E-state index in [0.717, 1.165) is 18.6 Å². The van der Waals surface area contributed by atoms with E-state index in [1.807, 2.05) is 6.92 Å². The van der Waals surface area contributed by atoms with Crippen LogP contribution in [-0.2, 0) is 0 Å². The summed E-state index contributed by atoms with van der Waals surface area (Å²) in [6.07, 6.45) is 6.59. The number of hydrogen-bond acceptors (Lipinski definition) is 6. The fraction of sp³-hybridized carbons (Fsp3) is 0.250. The normalized spacial score (nSPS) is 10.7. The van der Waals surface area contributed by atoms with E-state index < -0.39 is 15.5 Å². The van der Waals surface area contributed by atoms with Crippen LogP contribution in [0.3, 0.4) is 0 Å². The van der Waals surface area contributed by atoms with Crippen molar-refractivity contribution in [1.29, 1.82) is 0 Å². The molecule has 0 bridgehead atoms. The van der Waals surface area contributed by atoms with Gasteiger partial charge in [0.2, 0.25) is 0 Å². The predicted octanol–water partition coefficient (Wildman–Crippen LogP) is 2.70. The summed E-state index contributed by atoms with van der Waals surface area (Å²) in [7, 11) is 0. The van der Waals surface area contributed by atoms with Gasteiger partial charge in [-0.15, -0.1) is 6.42 Å². The Morgan fingerprint density at radius 1 is 1.40 bits per heavy atom. The number of nitro groups is 2. The Morgan fingerprint density at radius 2 is 2.10 bits per heavy atom. The minimum Gasteiger partial charge on any atom is -0.271 e. The van der Waals surface area contributed by atoms with Crippen LogP contribution < -0.4 is 5.43 Å². The van der Waals surface area contributed by atoms with Crippen molar-refractivity contribution in [2.75, 3.05) is 5.43 Å². The quantitative estimate of drug-likeness (QED) is 0.371. The van der Waals surface area contributed by atoms with Gasteiger partial charge < -0.3 is 0 Å². The standard InChI is InChI=1S/C12H12N4O4/c1-3-5-9(4-2)13-14-11-7-6-10(15(17)18)8-12(11)16(19)20/h2,6-8,14H,3,5H2,1H3/b13-9+. The van der Waals surface area contributed by atoms with Crippen molar-refractivity contribution in [3.63, 3.8) is 0 Å². The maximum atomic E-state index is 10.9. The van der Waals surface area contributed by atoms with Gasteiger partial charge in [0.25, 0.3) is 5.69 Å². The molecule has 0 saturated carbocycles. The lowest BCUT2D eigenvalue weighted by atomic mass is 10.2. The van der Waals surface area contributed by atoms with Gasteiger partial charge in [0.15, 0.2) is 0 Å². The molecule has 0 unspecified atom stereocenters. The monoisotopic (exact) mass is 276 g/mol. The molecule has 0 fully saturated rings.